The zero-order valence-corrected chi connectivity index (χ0v) is 16.1. The Morgan fingerprint density at radius 3 is 2.45 bits per heavy atom. The molecule has 0 unspecified atom stereocenters. The molecule has 0 radical (unpaired) electrons. The number of carbonyl (C=O) groups excluding carboxylic acids is 1. The molecule has 1 amide bonds. The highest BCUT2D eigenvalue weighted by Crippen LogP contribution is 2.43. The van der Waals surface area contributed by atoms with E-state index in [1.54, 1.807) is 7.05 Å². The maximum absolute atomic E-state index is 13.9. The van der Waals surface area contributed by atoms with Gasteiger partial charge >= 0.3 is 12.1 Å². The van der Waals surface area contributed by atoms with Crippen LogP contribution >= 0.6 is 11.6 Å². The van der Waals surface area contributed by atoms with Crippen LogP contribution < -0.4 is 0 Å². The fourth-order valence-corrected chi connectivity index (χ4v) is 2.91. The molecule has 29 heavy (non-hydrogen) atoms. The summed E-state index contributed by atoms with van der Waals surface area (Å²) >= 11 is 5.99. The lowest BCUT2D eigenvalue weighted by atomic mass is 10.2. The monoisotopic (exact) mass is 436 g/mol. The molecule has 0 saturated carbocycles. The highest BCUT2D eigenvalue weighted by atomic mass is 35.5. The second-order valence-corrected chi connectivity index (χ2v) is 6.79. The Bertz CT molecular complexity index is 1070. The van der Waals surface area contributed by atoms with Crippen LogP contribution in [-0.4, -0.2) is 48.4 Å². The van der Waals surface area contributed by atoms with Gasteiger partial charge in [0.25, 0.3) is 5.91 Å². The number of carbonyl (C=O) groups is 1. The first-order valence-electron chi connectivity index (χ1n) is 8.07. The van der Waals surface area contributed by atoms with Crippen molar-refractivity contribution in [3.8, 4) is 0 Å². The van der Waals surface area contributed by atoms with Crippen molar-refractivity contribution < 1.29 is 26.7 Å². The summed E-state index contributed by atoms with van der Waals surface area (Å²) in [7, 11) is 3.02. The fraction of sp³-hybridized carbons (Fsp3) is 0.375. The first kappa shape index (κ1) is 21.0. The van der Waals surface area contributed by atoms with Crippen LogP contribution in [0.3, 0.4) is 0 Å². The molecule has 3 rings (SSSR count). The van der Waals surface area contributed by atoms with Crippen LogP contribution in [0.2, 0.25) is 5.02 Å². The first-order chi connectivity index (χ1) is 13.3. The third-order valence-electron chi connectivity index (χ3n) is 4.20. The maximum atomic E-state index is 13.9. The van der Waals surface area contributed by atoms with Gasteiger partial charge in [-0.2, -0.15) is 32.1 Å². The van der Waals surface area contributed by atoms with E-state index < -0.39 is 23.7 Å². The number of fused-ring (bicyclic) bond motifs is 1. The molecule has 3 aromatic rings. The minimum absolute atomic E-state index is 0.0140. The number of alkyl halides is 5. The van der Waals surface area contributed by atoms with E-state index in [4.69, 9.17) is 11.6 Å². The molecule has 0 aromatic carbocycles. The van der Waals surface area contributed by atoms with E-state index in [0.29, 0.717) is 21.3 Å². The van der Waals surface area contributed by atoms with E-state index in [1.165, 1.54) is 29.7 Å². The lowest BCUT2D eigenvalue weighted by molar-refractivity contribution is -0.291. The number of hydrogen-bond donors (Lipinski definition) is 0. The minimum Gasteiger partial charge on any atom is -0.334 e. The molecular weight excluding hydrogens is 423 g/mol. The third-order valence-corrected chi connectivity index (χ3v) is 4.51. The van der Waals surface area contributed by atoms with Crippen LogP contribution in [0, 0.1) is 6.92 Å². The number of nitrogens with zero attached hydrogens (tertiary/aromatic N) is 6. The van der Waals surface area contributed by atoms with Gasteiger partial charge in [0.15, 0.2) is 11.3 Å². The summed E-state index contributed by atoms with van der Waals surface area (Å²) in [6, 6.07) is 1.63. The quantitative estimate of drug-likeness (QED) is 0.588. The van der Waals surface area contributed by atoms with E-state index in [9.17, 15) is 26.7 Å². The van der Waals surface area contributed by atoms with Crippen LogP contribution in [-0.2, 0) is 19.5 Å². The van der Waals surface area contributed by atoms with Crippen LogP contribution in [0.4, 0.5) is 22.0 Å². The summed E-state index contributed by atoms with van der Waals surface area (Å²) in [6.45, 7) is 1.28. The Kier molecular flexibility index (Phi) is 5.01. The Hall–Kier alpha value is -2.76. The van der Waals surface area contributed by atoms with Gasteiger partial charge < -0.3 is 4.90 Å². The summed E-state index contributed by atoms with van der Waals surface area (Å²) < 4.78 is 68.2. The Balaban J connectivity index is 2.01. The van der Waals surface area contributed by atoms with Gasteiger partial charge in [0.1, 0.15) is 5.69 Å². The molecule has 0 aliphatic heterocycles. The minimum atomic E-state index is -5.84. The Morgan fingerprint density at radius 2 is 1.90 bits per heavy atom. The van der Waals surface area contributed by atoms with Gasteiger partial charge in [0.05, 0.1) is 23.5 Å². The number of aryl methyl sites for hydroxylation is 2. The van der Waals surface area contributed by atoms with Crippen molar-refractivity contribution in [1.29, 1.82) is 0 Å². The van der Waals surface area contributed by atoms with E-state index in [2.05, 4.69) is 15.2 Å². The van der Waals surface area contributed by atoms with Crippen molar-refractivity contribution in [1.82, 2.24) is 29.3 Å². The van der Waals surface area contributed by atoms with Crippen LogP contribution in [0.25, 0.3) is 5.65 Å². The molecule has 0 N–H and O–H groups in total. The van der Waals surface area contributed by atoms with E-state index in [1.807, 2.05) is 0 Å². The first-order valence-corrected chi connectivity index (χ1v) is 8.45. The number of hydrogen-bond acceptors (Lipinski definition) is 4. The second-order valence-electron chi connectivity index (χ2n) is 6.38. The van der Waals surface area contributed by atoms with Crippen molar-refractivity contribution in [3.05, 3.63) is 46.1 Å². The Labute approximate surface area is 165 Å². The normalized spacial score (nSPS) is 12.6. The maximum Gasteiger partial charge on any atom is 0.459 e. The van der Waals surface area contributed by atoms with E-state index >= 15 is 0 Å². The van der Waals surface area contributed by atoms with Gasteiger partial charge in [-0.1, -0.05) is 11.6 Å². The van der Waals surface area contributed by atoms with Gasteiger partial charge in [-0.15, -0.1) is 0 Å². The predicted molar refractivity (Wildman–Crippen MR) is 91.7 cm³/mol. The fourth-order valence-electron chi connectivity index (χ4n) is 2.68. The number of halogens is 6. The summed E-state index contributed by atoms with van der Waals surface area (Å²) in [5.74, 6) is -5.90. The van der Waals surface area contributed by atoms with Gasteiger partial charge in [-0.05, 0) is 13.0 Å². The van der Waals surface area contributed by atoms with Crippen molar-refractivity contribution in [2.45, 2.75) is 25.6 Å². The number of rotatable bonds is 4. The smallest absolute Gasteiger partial charge is 0.334 e. The lowest BCUT2D eigenvalue weighted by Gasteiger charge is -2.20. The van der Waals surface area contributed by atoms with Crippen LogP contribution in [0.1, 0.15) is 27.6 Å². The molecule has 156 valence electrons. The molecule has 0 aliphatic rings. The van der Waals surface area contributed by atoms with E-state index in [0.717, 1.165) is 6.07 Å². The molecule has 0 spiro atoms. The van der Waals surface area contributed by atoms with Gasteiger partial charge in [0.2, 0.25) is 0 Å². The predicted octanol–water partition coefficient (Wildman–Crippen LogP) is 3.35. The van der Waals surface area contributed by atoms with Crippen molar-refractivity contribution >= 4 is 23.2 Å². The summed E-state index contributed by atoms with van der Waals surface area (Å²) in [5, 5.41) is 7.90. The Morgan fingerprint density at radius 1 is 1.24 bits per heavy atom. The summed E-state index contributed by atoms with van der Waals surface area (Å²) in [4.78, 5) is 17.7. The van der Waals surface area contributed by atoms with Crippen LogP contribution in [0.5, 0.6) is 0 Å². The standard InChI is InChI=1S/C16H14ClF5N6O/c1-8-4-12(15(18,19)16(20,21)22)28-13(24-8)5-10(25-28)14(29)26(2)7-11-9(17)6-23-27(11)3/h4-6H,7H2,1-3H3. The van der Waals surface area contributed by atoms with E-state index in [-0.39, 0.29) is 23.6 Å². The molecule has 3 aromatic heterocycles. The third kappa shape index (κ3) is 3.63. The van der Waals surface area contributed by atoms with Gasteiger partial charge in [-0.25, -0.2) is 9.50 Å². The van der Waals surface area contributed by atoms with Crippen molar-refractivity contribution in [2.24, 2.45) is 7.05 Å². The highest BCUT2D eigenvalue weighted by molar-refractivity contribution is 6.31. The SMILES string of the molecule is Cc1cc(C(F)(F)C(F)(F)F)n2nc(C(=O)N(C)Cc3c(Cl)cnn3C)cc2n1. The molecule has 7 nitrogen and oxygen atoms in total. The van der Waals surface area contributed by atoms with Crippen LogP contribution in [0.15, 0.2) is 18.3 Å². The zero-order chi connectivity index (χ0) is 21.7. The van der Waals surface area contributed by atoms with Gasteiger partial charge in [0, 0.05) is 25.9 Å². The second kappa shape index (κ2) is 6.94. The topological polar surface area (TPSA) is 68.3 Å². The summed E-state index contributed by atoms with van der Waals surface area (Å²) in [6.07, 6.45) is -4.45. The largest absolute Gasteiger partial charge is 0.459 e. The summed E-state index contributed by atoms with van der Waals surface area (Å²) in [5.41, 5.74) is -1.65. The molecule has 0 fully saturated rings. The average Bonchev–Trinajstić information content (AvgIpc) is 3.17. The molecule has 3 heterocycles. The average molecular weight is 437 g/mol. The van der Waals surface area contributed by atoms with Crippen molar-refractivity contribution in [3.63, 3.8) is 0 Å². The molecule has 0 aliphatic carbocycles. The molecule has 13 heteroatoms. The molecule has 0 atom stereocenters. The molecular formula is C16H14ClF5N6O. The lowest BCUT2D eigenvalue weighted by Crippen LogP contribution is -2.36. The molecule has 0 saturated heterocycles. The number of aromatic nitrogens is 5. The zero-order valence-electron chi connectivity index (χ0n) is 15.3. The van der Waals surface area contributed by atoms with Crippen molar-refractivity contribution in [2.75, 3.05) is 7.05 Å². The van der Waals surface area contributed by atoms with Gasteiger partial charge in [-0.3, -0.25) is 9.48 Å². The number of amides is 1. The molecule has 0 bridgehead atoms. The highest BCUT2D eigenvalue weighted by Gasteiger charge is 2.60.